The van der Waals surface area contributed by atoms with E-state index < -0.39 is 6.10 Å². The molecule has 0 aliphatic carbocycles. The molecule has 0 bridgehead atoms. The van der Waals surface area contributed by atoms with Gasteiger partial charge in [0.05, 0.1) is 6.10 Å². The van der Waals surface area contributed by atoms with Gasteiger partial charge in [-0.25, -0.2) is 0 Å². The SMILES string of the molecule is Cc1ccc(C(O)C(CN)c2cccs2)s1. The fourth-order valence-electron chi connectivity index (χ4n) is 1.71. The predicted octanol–water partition coefficient (Wildman–Crippen LogP) is 2.89. The van der Waals surface area contributed by atoms with Crippen LogP contribution in [0.5, 0.6) is 0 Å². The lowest BCUT2D eigenvalue weighted by molar-refractivity contribution is 0.152. The fraction of sp³-hybridized carbons (Fsp3) is 0.333. The van der Waals surface area contributed by atoms with E-state index in [0.29, 0.717) is 6.54 Å². The lowest BCUT2D eigenvalue weighted by Crippen LogP contribution is -2.18. The number of aryl methyl sites for hydroxylation is 1. The van der Waals surface area contributed by atoms with Crippen LogP contribution in [0.25, 0.3) is 0 Å². The maximum Gasteiger partial charge on any atom is 0.0970 e. The van der Waals surface area contributed by atoms with Gasteiger partial charge in [0.1, 0.15) is 0 Å². The second kappa shape index (κ2) is 5.10. The highest BCUT2D eigenvalue weighted by molar-refractivity contribution is 7.12. The minimum Gasteiger partial charge on any atom is -0.387 e. The Balaban J connectivity index is 2.22. The van der Waals surface area contributed by atoms with E-state index in [1.54, 1.807) is 22.7 Å². The maximum absolute atomic E-state index is 10.3. The quantitative estimate of drug-likeness (QED) is 0.880. The van der Waals surface area contributed by atoms with Crippen molar-refractivity contribution in [3.05, 3.63) is 44.3 Å². The molecule has 2 atom stereocenters. The minimum atomic E-state index is -0.484. The van der Waals surface area contributed by atoms with Crippen molar-refractivity contribution >= 4 is 22.7 Å². The van der Waals surface area contributed by atoms with Crippen LogP contribution in [-0.4, -0.2) is 11.7 Å². The van der Waals surface area contributed by atoms with Crippen molar-refractivity contribution in [3.8, 4) is 0 Å². The van der Waals surface area contributed by atoms with E-state index in [2.05, 4.69) is 0 Å². The molecule has 2 aromatic heterocycles. The van der Waals surface area contributed by atoms with E-state index in [1.807, 2.05) is 36.6 Å². The van der Waals surface area contributed by atoms with Crippen LogP contribution in [0.1, 0.15) is 26.7 Å². The van der Waals surface area contributed by atoms with Crippen LogP contribution in [0.4, 0.5) is 0 Å². The Morgan fingerprint density at radius 1 is 1.31 bits per heavy atom. The summed E-state index contributed by atoms with van der Waals surface area (Å²) in [5.41, 5.74) is 5.76. The zero-order valence-corrected chi connectivity index (χ0v) is 10.7. The number of hydrogen-bond donors (Lipinski definition) is 2. The standard InChI is InChI=1S/C12H15NOS2/c1-8-4-5-11(16-8)12(14)9(7-13)10-3-2-6-15-10/h2-6,9,12,14H,7,13H2,1H3. The normalized spacial score (nSPS) is 14.9. The highest BCUT2D eigenvalue weighted by atomic mass is 32.1. The van der Waals surface area contributed by atoms with Crippen LogP contribution in [-0.2, 0) is 0 Å². The first-order valence-electron chi connectivity index (χ1n) is 5.20. The fourth-order valence-corrected chi connectivity index (χ4v) is 3.51. The molecule has 0 saturated heterocycles. The number of aliphatic hydroxyl groups excluding tert-OH is 1. The number of rotatable bonds is 4. The van der Waals surface area contributed by atoms with E-state index >= 15 is 0 Å². The van der Waals surface area contributed by atoms with Crippen molar-refractivity contribution in [2.45, 2.75) is 18.9 Å². The zero-order valence-electron chi connectivity index (χ0n) is 9.09. The minimum absolute atomic E-state index is 0.0121. The second-order valence-electron chi connectivity index (χ2n) is 3.75. The van der Waals surface area contributed by atoms with E-state index in [9.17, 15) is 5.11 Å². The summed E-state index contributed by atoms with van der Waals surface area (Å²) in [5.74, 6) is 0.0121. The molecule has 0 aliphatic rings. The van der Waals surface area contributed by atoms with Crippen molar-refractivity contribution < 1.29 is 5.11 Å². The topological polar surface area (TPSA) is 46.2 Å². The van der Waals surface area contributed by atoms with E-state index in [0.717, 1.165) is 9.75 Å². The molecule has 2 nitrogen and oxygen atoms in total. The molecule has 2 unspecified atom stereocenters. The van der Waals surface area contributed by atoms with E-state index in [1.165, 1.54) is 4.88 Å². The number of aliphatic hydroxyl groups is 1. The number of hydrogen-bond acceptors (Lipinski definition) is 4. The van der Waals surface area contributed by atoms with E-state index in [-0.39, 0.29) is 5.92 Å². The molecule has 0 fully saturated rings. The van der Waals surface area contributed by atoms with Gasteiger partial charge in [-0.05, 0) is 30.5 Å². The summed E-state index contributed by atoms with van der Waals surface area (Å²) >= 11 is 3.29. The molecule has 0 spiro atoms. The van der Waals surface area contributed by atoms with Crippen molar-refractivity contribution in [1.82, 2.24) is 0 Å². The molecule has 2 aromatic rings. The second-order valence-corrected chi connectivity index (χ2v) is 6.05. The molecule has 2 rings (SSSR count). The largest absolute Gasteiger partial charge is 0.387 e. The highest BCUT2D eigenvalue weighted by Crippen LogP contribution is 2.35. The smallest absolute Gasteiger partial charge is 0.0970 e. The molecule has 0 radical (unpaired) electrons. The predicted molar refractivity (Wildman–Crippen MR) is 70.1 cm³/mol. The molecule has 0 aliphatic heterocycles. The summed E-state index contributed by atoms with van der Waals surface area (Å²) in [6.45, 7) is 2.52. The van der Waals surface area contributed by atoms with Crippen molar-refractivity contribution in [3.63, 3.8) is 0 Å². The lowest BCUT2D eigenvalue weighted by atomic mass is 9.99. The molecule has 0 saturated carbocycles. The first kappa shape index (κ1) is 11.8. The van der Waals surface area contributed by atoms with Crippen molar-refractivity contribution in [1.29, 1.82) is 0 Å². The van der Waals surface area contributed by atoms with Gasteiger partial charge in [0.15, 0.2) is 0 Å². The first-order valence-corrected chi connectivity index (χ1v) is 6.90. The lowest BCUT2D eigenvalue weighted by Gasteiger charge is -2.19. The van der Waals surface area contributed by atoms with Crippen LogP contribution < -0.4 is 5.73 Å². The number of thiophene rings is 2. The van der Waals surface area contributed by atoms with Gasteiger partial charge in [-0.3, -0.25) is 0 Å². The summed E-state index contributed by atoms with van der Waals surface area (Å²) in [6, 6.07) is 8.05. The molecule has 16 heavy (non-hydrogen) atoms. The van der Waals surface area contributed by atoms with Gasteiger partial charge in [0.25, 0.3) is 0 Å². The van der Waals surface area contributed by atoms with Gasteiger partial charge in [-0.2, -0.15) is 0 Å². The molecule has 4 heteroatoms. The molecular formula is C12H15NOS2. The summed E-state index contributed by atoms with van der Waals surface area (Å²) < 4.78 is 0. The van der Waals surface area contributed by atoms with E-state index in [4.69, 9.17) is 5.73 Å². The Morgan fingerprint density at radius 3 is 2.62 bits per heavy atom. The van der Waals surface area contributed by atoms with Gasteiger partial charge in [-0.1, -0.05) is 6.07 Å². The van der Waals surface area contributed by atoms with Gasteiger partial charge in [0, 0.05) is 27.1 Å². The molecule has 3 N–H and O–H groups in total. The van der Waals surface area contributed by atoms with Gasteiger partial charge >= 0.3 is 0 Å². The Hall–Kier alpha value is -0.680. The van der Waals surface area contributed by atoms with Crippen LogP contribution in [0.15, 0.2) is 29.6 Å². The third-order valence-corrected chi connectivity index (χ3v) is 4.67. The van der Waals surface area contributed by atoms with Gasteiger partial charge in [0.2, 0.25) is 0 Å². The monoisotopic (exact) mass is 253 g/mol. The molecule has 0 amide bonds. The van der Waals surface area contributed by atoms with Crippen LogP contribution in [0, 0.1) is 6.92 Å². The molecule has 0 aromatic carbocycles. The van der Waals surface area contributed by atoms with Gasteiger partial charge in [-0.15, -0.1) is 22.7 Å². The van der Waals surface area contributed by atoms with Gasteiger partial charge < -0.3 is 10.8 Å². The van der Waals surface area contributed by atoms with Crippen LogP contribution in [0.3, 0.4) is 0 Å². The molecule has 86 valence electrons. The third-order valence-electron chi connectivity index (χ3n) is 2.60. The average Bonchev–Trinajstić information content (AvgIpc) is 2.90. The highest BCUT2D eigenvalue weighted by Gasteiger charge is 2.23. The first-order chi connectivity index (χ1) is 7.72. The Bertz CT molecular complexity index is 436. The zero-order chi connectivity index (χ0) is 11.5. The summed E-state index contributed by atoms with van der Waals surface area (Å²) in [5, 5.41) is 12.3. The summed E-state index contributed by atoms with van der Waals surface area (Å²) in [4.78, 5) is 3.37. The summed E-state index contributed by atoms with van der Waals surface area (Å²) in [7, 11) is 0. The molecular weight excluding hydrogens is 238 g/mol. The van der Waals surface area contributed by atoms with Crippen LogP contribution >= 0.6 is 22.7 Å². The summed E-state index contributed by atoms with van der Waals surface area (Å²) in [6.07, 6.45) is -0.484. The third kappa shape index (κ3) is 2.35. The Morgan fingerprint density at radius 2 is 2.12 bits per heavy atom. The average molecular weight is 253 g/mol. The maximum atomic E-state index is 10.3. The Labute approximate surface area is 103 Å². The van der Waals surface area contributed by atoms with Crippen molar-refractivity contribution in [2.75, 3.05) is 6.54 Å². The number of nitrogens with two attached hydrogens (primary N) is 1. The van der Waals surface area contributed by atoms with Crippen molar-refractivity contribution in [2.24, 2.45) is 5.73 Å². The Kier molecular flexibility index (Phi) is 3.76. The van der Waals surface area contributed by atoms with Crippen LogP contribution in [0.2, 0.25) is 0 Å². The molecule has 2 heterocycles.